The number of aromatic nitrogens is 1. The minimum atomic E-state index is -0.199. The van der Waals surface area contributed by atoms with E-state index in [1.807, 2.05) is 24.3 Å². The molecule has 3 rings (SSSR count). The number of piperidine rings is 1. The van der Waals surface area contributed by atoms with E-state index in [1.165, 1.54) is 23.4 Å². The van der Waals surface area contributed by atoms with Crippen LogP contribution in [0.15, 0.2) is 24.3 Å². The summed E-state index contributed by atoms with van der Waals surface area (Å²) in [7, 11) is 0. The van der Waals surface area contributed by atoms with Crippen LogP contribution in [-0.4, -0.2) is 47.3 Å². The van der Waals surface area contributed by atoms with Gasteiger partial charge in [0.25, 0.3) is 0 Å². The average molecular weight is 346 g/mol. The minimum absolute atomic E-state index is 0.0698. The topological polar surface area (TPSA) is 74.3 Å². The van der Waals surface area contributed by atoms with E-state index in [-0.39, 0.29) is 17.7 Å². The van der Waals surface area contributed by atoms with Gasteiger partial charge in [-0.3, -0.25) is 14.5 Å². The second kappa shape index (κ2) is 7.72. The third-order valence-corrected chi connectivity index (χ3v) is 5.12. The molecule has 7 heteroatoms. The fourth-order valence-electron chi connectivity index (χ4n) is 3.01. The van der Waals surface area contributed by atoms with Crippen LogP contribution in [-0.2, 0) is 9.59 Å². The van der Waals surface area contributed by atoms with E-state index >= 15 is 0 Å². The van der Waals surface area contributed by atoms with E-state index in [1.54, 1.807) is 0 Å². The van der Waals surface area contributed by atoms with Crippen molar-refractivity contribution in [1.29, 1.82) is 0 Å². The second-order valence-corrected chi connectivity index (χ2v) is 6.81. The highest BCUT2D eigenvalue weighted by molar-refractivity contribution is 7.13. The highest BCUT2D eigenvalue weighted by Gasteiger charge is 2.27. The lowest BCUT2D eigenvalue weighted by atomic mass is 9.98. The third-order valence-electron chi connectivity index (χ3n) is 4.30. The highest BCUT2D eigenvalue weighted by Crippen LogP contribution is 2.25. The number of carbonyl (C=O) groups excluding carboxylic acids is 2. The highest BCUT2D eigenvalue weighted by atomic mass is 32.1. The molecule has 0 radical (unpaired) electrons. The maximum absolute atomic E-state index is 12.6. The van der Waals surface area contributed by atoms with Gasteiger partial charge in [0.1, 0.15) is 5.82 Å². The summed E-state index contributed by atoms with van der Waals surface area (Å²) in [6.07, 6.45) is 1.82. The van der Waals surface area contributed by atoms with Gasteiger partial charge in [0, 0.05) is 31.9 Å². The predicted octanol–water partition coefficient (Wildman–Crippen LogP) is 2.08. The number of nitrogens with zero attached hydrogens (tertiary/aromatic N) is 2. The molecule has 2 heterocycles. The molecule has 1 unspecified atom stereocenters. The zero-order valence-corrected chi connectivity index (χ0v) is 14.6. The summed E-state index contributed by atoms with van der Waals surface area (Å²) in [4.78, 5) is 25.8. The number of carbonyl (C=O) groups is 2. The Balaban J connectivity index is 1.60. The summed E-state index contributed by atoms with van der Waals surface area (Å²) in [5.41, 5.74) is 0. The van der Waals surface area contributed by atoms with E-state index in [2.05, 4.69) is 15.0 Å². The molecule has 0 bridgehead atoms. The van der Waals surface area contributed by atoms with Gasteiger partial charge in [-0.2, -0.15) is 4.37 Å². The van der Waals surface area contributed by atoms with Gasteiger partial charge < -0.3 is 10.6 Å². The van der Waals surface area contributed by atoms with Crippen molar-refractivity contribution in [3.63, 3.8) is 0 Å². The fraction of sp³-hybridized carbons (Fsp3) is 0.471. The Bertz CT molecular complexity index is 724. The quantitative estimate of drug-likeness (QED) is 0.867. The van der Waals surface area contributed by atoms with E-state index < -0.39 is 0 Å². The molecule has 6 nitrogen and oxygen atoms in total. The fourth-order valence-corrected chi connectivity index (χ4v) is 3.76. The smallest absolute Gasteiger partial charge is 0.233 e. The molecular formula is C17H22N4O2S. The maximum Gasteiger partial charge on any atom is 0.233 e. The van der Waals surface area contributed by atoms with Gasteiger partial charge >= 0.3 is 0 Å². The number of amides is 2. The molecule has 1 aliphatic heterocycles. The van der Waals surface area contributed by atoms with Crippen molar-refractivity contribution in [3.05, 3.63) is 24.3 Å². The van der Waals surface area contributed by atoms with E-state index in [0.29, 0.717) is 19.6 Å². The van der Waals surface area contributed by atoms with E-state index in [9.17, 15) is 9.59 Å². The number of rotatable bonds is 5. The molecule has 1 fully saturated rings. The molecule has 0 saturated carbocycles. The second-order valence-electron chi connectivity index (χ2n) is 6.01. The van der Waals surface area contributed by atoms with Crippen molar-refractivity contribution in [1.82, 2.24) is 14.6 Å². The first-order valence-corrected chi connectivity index (χ1v) is 9.05. The molecule has 0 spiro atoms. The lowest BCUT2D eigenvalue weighted by Crippen LogP contribution is -2.46. The van der Waals surface area contributed by atoms with Crippen molar-refractivity contribution in [2.75, 3.05) is 31.5 Å². The van der Waals surface area contributed by atoms with Crippen LogP contribution in [0.25, 0.3) is 10.1 Å². The predicted molar refractivity (Wildman–Crippen MR) is 96.1 cm³/mol. The molecule has 1 saturated heterocycles. The van der Waals surface area contributed by atoms with Gasteiger partial charge in [-0.1, -0.05) is 12.1 Å². The lowest BCUT2D eigenvalue weighted by Gasteiger charge is -2.27. The van der Waals surface area contributed by atoms with Crippen LogP contribution in [0.3, 0.4) is 0 Å². The summed E-state index contributed by atoms with van der Waals surface area (Å²) < 4.78 is 5.52. The van der Waals surface area contributed by atoms with Crippen molar-refractivity contribution >= 4 is 39.3 Å². The van der Waals surface area contributed by atoms with Gasteiger partial charge in [0.15, 0.2) is 0 Å². The number of fused-ring (bicyclic) bond motifs is 1. The summed E-state index contributed by atoms with van der Waals surface area (Å²) in [6, 6.07) is 8.00. The van der Waals surface area contributed by atoms with Crippen LogP contribution < -0.4 is 10.6 Å². The molecule has 2 amide bonds. The van der Waals surface area contributed by atoms with Gasteiger partial charge in [0.05, 0.1) is 10.6 Å². The monoisotopic (exact) mass is 346 g/mol. The average Bonchev–Trinajstić information content (AvgIpc) is 3.02. The maximum atomic E-state index is 12.6. The summed E-state index contributed by atoms with van der Waals surface area (Å²) >= 11 is 1.44. The zero-order chi connectivity index (χ0) is 16.9. The van der Waals surface area contributed by atoms with Crippen LogP contribution >= 0.6 is 11.5 Å². The SMILES string of the molecule is CC(=O)N(CCNc1nsc2ccccc12)C(=O)C1CCCNC1. The Morgan fingerprint density at radius 2 is 2.25 bits per heavy atom. The van der Waals surface area contributed by atoms with Gasteiger partial charge in [0.2, 0.25) is 11.8 Å². The van der Waals surface area contributed by atoms with Crippen LogP contribution in [0.1, 0.15) is 19.8 Å². The zero-order valence-electron chi connectivity index (χ0n) is 13.7. The van der Waals surface area contributed by atoms with Crippen LogP contribution in [0.2, 0.25) is 0 Å². The van der Waals surface area contributed by atoms with Crippen LogP contribution in [0, 0.1) is 5.92 Å². The third kappa shape index (κ3) is 3.73. The summed E-state index contributed by atoms with van der Waals surface area (Å²) in [5.74, 6) is 0.448. The van der Waals surface area contributed by atoms with Crippen molar-refractivity contribution in [2.45, 2.75) is 19.8 Å². The minimum Gasteiger partial charge on any atom is -0.367 e. The van der Waals surface area contributed by atoms with Gasteiger partial charge in [-0.05, 0) is 43.1 Å². The normalized spacial score (nSPS) is 17.6. The van der Waals surface area contributed by atoms with Gasteiger partial charge in [-0.15, -0.1) is 0 Å². The Morgan fingerprint density at radius 3 is 3.00 bits per heavy atom. The Morgan fingerprint density at radius 1 is 1.42 bits per heavy atom. The van der Waals surface area contributed by atoms with Crippen LogP contribution in [0.4, 0.5) is 5.82 Å². The number of benzene rings is 1. The summed E-state index contributed by atoms with van der Waals surface area (Å²) in [5, 5.41) is 7.54. The number of imide groups is 1. The first-order valence-electron chi connectivity index (χ1n) is 8.28. The van der Waals surface area contributed by atoms with E-state index in [4.69, 9.17) is 0 Å². The van der Waals surface area contributed by atoms with Crippen molar-refractivity contribution in [2.24, 2.45) is 5.92 Å². The van der Waals surface area contributed by atoms with Gasteiger partial charge in [-0.25, -0.2) is 0 Å². The molecule has 2 N–H and O–H groups in total. The first kappa shape index (κ1) is 16.9. The molecule has 1 aromatic carbocycles. The van der Waals surface area contributed by atoms with E-state index in [0.717, 1.165) is 35.3 Å². The summed E-state index contributed by atoms with van der Waals surface area (Å²) in [6.45, 7) is 3.91. The molecule has 128 valence electrons. The van der Waals surface area contributed by atoms with Crippen molar-refractivity contribution in [3.8, 4) is 0 Å². The first-order chi connectivity index (χ1) is 11.7. The standard InChI is InChI=1S/C17H22N4O2S/c1-12(22)21(17(23)13-5-4-8-18-11-13)10-9-19-16-14-6-2-3-7-15(14)24-20-16/h2-3,6-7,13,18H,4-5,8-11H2,1H3,(H,19,20). The Labute approximate surface area is 145 Å². The molecule has 2 aromatic rings. The number of nitrogens with one attached hydrogen (secondary N) is 2. The Hall–Kier alpha value is -1.99. The number of hydrogen-bond donors (Lipinski definition) is 2. The number of hydrogen-bond acceptors (Lipinski definition) is 6. The molecule has 1 atom stereocenters. The largest absolute Gasteiger partial charge is 0.367 e. The van der Waals surface area contributed by atoms with Crippen molar-refractivity contribution < 1.29 is 9.59 Å². The molecular weight excluding hydrogens is 324 g/mol. The molecule has 24 heavy (non-hydrogen) atoms. The molecule has 0 aliphatic carbocycles. The molecule has 1 aromatic heterocycles. The molecule has 1 aliphatic rings. The van der Waals surface area contributed by atoms with Crippen LogP contribution in [0.5, 0.6) is 0 Å². The Kier molecular flexibility index (Phi) is 5.42. The number of anilines is 1. The lowest BCUT2D eigenvalue weighted by molar-refractivity contribution is -0.146.